The number of hydrogen-bond acceptors (Lipinski definition) is 6. The van der Waals surface area contributed by atoms with Crippen LogP contribution in [0.15, 0.2) is 82.4 Å². The van der Waals surface area contributed by atoms with E-state index in [4.69, 9.17) is 0 Å². The highest BCUT2D eigenvalue weighted by Crippen LogP contribution is 2.14. The van der Waals surface area contributed by atoms with Crippen molar-refractivity contribution in [1.82, 2.24) is 30.2 Å². The van der Waals surface area contributed by atoms with Crippen molar-refractivity contribution < 1.29 is 9.59 Å². The zero-order valence-corrected chi connectivity index (χ0v) is 19.4. The second-order valence-electron chi connectivity index (χ2n) is 8.09. The van der Waals surface area contributed by atoms with E-state index >= 15 is 0 Å². The molecule has 0 bridgehead atoms. The van der Waals surface area contributed by atoms with E-state index in [-0.39, 0.29) is 22.4 Å². The van der Waals surface area contributed by atoms with Crippen molar-refractivity contribution in [2.75, 3.05) is 0 Å². The fraction of sp³-hybridized carbons (Fsp3) is 0.0769. The summed E-state index contributed by atoms with van der Waals surface area (Å²) in [7, 11) is 1.45. The monoisotopic (exact) mass is 480 g/mol. The van der Waals surface area contributed by atoms with Gasteiger partial charge in [-0.05, 0) is 49.4 Å². The third-order valence-corrected chi connectivity index (χ3v) is 5.79. The van der Waals surface area contributed by atoms with Crippen LogP contribution >= 0.6 is 0 Å². The summed E-state index contributed by atoms with van der Waals surface area (Å²) < 4.78 is 2.55. The zero-order chi connectivity index (χ0) is 25.4. The van der Waals surface area contributed by atoms with Crippen LogP contribution in [0.1, 0.15) is 26.7 Å². The molecule has 5 rings (SSSR count). The van der Waals surface area contributed by atoms with E-state index in [1.165, 1.54) is 23.7 Å². The molecule has 0 aliphatic carbocycles. The number of amides is 2. The van der Waals surface area contributed by atoms with Gasteiger partial charge in [-0.25, -0.2) is 9.67 Å². The number of carbonyl (C=O) groups is 2. The smallest absolute Gasteiger partial charge is 0.268 e. The summed E-state index contributed by atoms with van der Waals surface area (Å²) in [5.74, 6) is -0.721. The maximum Gasteiger partial charge on any atom is 0.290 e. The van der Waals surface area contributed by atoms with Gasteiger partial charge < -0.3 is 0 Å². The number of fused-ring (bicyclic) bond motifs is 2. The van der Waals surface area contributed by atoms with Crippen molar-refractivity contribution in [3.63, 3.8) is 0 Å². The van der Waals surface area contributed by atoms with Crippen LogP contribution in [0, 0.1) is 6.92 Å². The van der Waals surface area contributed by atoms with Crippen LogP contribution < -0.4 is 22.0 Å². The first kappa shape index (κ1) is 22.7. The van der Waals surface area contributed by atoms with Gasteiger partial charge in [-0.1, -0.05) is 30.3 Å². The molecule has 2 aromatic heterocycles. The lowest BCUT2D eigenvalue weighted by Gasteiger charge is -2.12. The molecule has 5 aromatic rings. The Hall–Kier alpha value is -5.12. The van der Waals surface area contributed by atoms with Gasteiger partial charge in [0.1, 0.15) is 5.82 Å². The van der Waals surface area contributed by atoms with Crippen LogP contribution in [0.4, 0.5) is 0 Å². The summed E-state index contributed by atoms with van der Waals surface area (Å²) in [6, 6.07) is 20.0. The molecule has 2 amide bonds. The number of hydrogen-bond donors (Lipinski definition) is 2. The zero-order valence-electron chi connectivity index (χ0n) is 19.4. The number of aryl methyl sites for hydroxylation is 2. The van der Waals surface area contributed by atoms with Crippen molar-refractivity contribution >= 4 is 33.5 Å². The average molecular weight is 480 g/mol. The predicted molar refractivity (Wildman–Crippen MR) is 134 cm³/mol. The highest BCUT2D eigenvalue weighted by Gasteiger charge is 2.17. The molecular weight excluding hydrogens is 460 g/mol. The Labute approximate surface area is 203 Å². The summed E-state index contributed by atoms with van der Waals surface area (Å²) in [5, 5.41) is 5.25. The van der Waals surface area contributed by atoms with Crippen LogP contribution in [0.3, 0.4) is 0 Å². The van der Waals surface area contributed by atoms with E-state index in [9.17, 15) is 19.2 Å². The van der Waals surface area contributed by atoms with Crippen LogP contribution in [0.5, 0.6) is 0 Å². The van der Waals surface area contributed by atoms with E-state index in [1.54, 1.807) is 61.5 Å². The lowest BCUT2D eigenvalue weighted by atomic mass is 10.1. The van der Waals surface area contributed by atoms with E-state index in [0.29, 0.717) is 33.2 Å². The van der Waals surface area contributed by atoms with Gasteiger partial charge >= 0.3 is 0 Å². The Morgan fingerprint density at radius 3 is 2.08 bits per heavy atom. The molecule has 0 atom stereocenters. The van der Waals surface area contributed by atoms with E-state index in [0.717, 1.165) is 4.68 Å². The fourth-order valence-corrected chi connectivity index (χ4v) is 4.02. The first-order valence-corrected chi connectivity index (χ1v) is 11.0. The third-order valence-electron chi connectivity index (χ3n) is 5.79. The number of hydrazine groups is 1. The standard InChI is InChI=1S/C26H20N6O4/c1-15-27-21-10-6-5-9-20(21)26(36)32(15)17-13-11-16(12-14-17)23(33)28-29-24(34)22-18-7-3-4-8-19(18)25(35)31(2)30-22/h3-14H,1-2H3,(H,28,33)(H,29,34). The highest BCUT2D eigenvalue weighted by atomic mass is 16.2. The lowest BCUT2D eigenvalue weighted by molar-refractivity contribution is 0.0844. The predicted octanol–water partition coefficient (Wildman–Crippen LogP) is 2.02. The number of rotatable bonds is 3. The molecule has 3 aromatic carbocycles. The SMILES string of the molecule is Cc1nc2ccccc2c(=O)n1-c1ccc(C(=O)NNC(=O)c2nn(C)c(=O)c3ccccc23)cc1. The van der Waals surface area contributed by atoms with Crippen LogP contribution in [-0.4, -0.2) is 31.1 Å². The third kappa shape index (κ3) is 3.90. The lowest BCUT2D eigenvalue weighted by Crippen LogP contribution is -2.42. The molecule has 36 heavy (non-hydrogen) atoms. The minimum Gasteiger partial charge on any atom is -0.268 e. The van der Waals surface area contributed by atoms with Crippen molar-refractivity contribution in [3.8, 4) is 5.69 Å². The number of nitrogens with zero attached hydrogens (tertiary/aromatic N) is 4. The molecule has 0 aliphatic rings. The Morgan fingerprint density at radius 2 is 1.36 bits per heavy atom. The fourth-order valence-electron chi connectivity index (χ4n) is 4.02. The summed E-state index contributed by atoms with van der Waals surface area (Å²) in [6.45, 7) is 1.74. The Kier molecular flexibility index (Phi) is 5.61. The second kappa shape index (κ2) is 8.91. The van der Waals surface area contributed by atoms with Gasteiger partial charge in [0.15, 0.2) is 5.69 Å². The van der Waals surface area contributed by atoms with Gasteiger partial charge in [-0.15, -0.1) is 0 Å². The molecule has 2 N–H and O–H groups in total. The molecule has 0 saturated heterocycles. The normalized spacial score (nSPS) is 10.9. The number of nitrogens with one attached hydrogen (secondary N) is 2. The molecule has 0 radical (unpaired) electrons. The molecule has 10 heteroatoms. The summed E-state index contributed by atoms with van der Waals surface area (Å²) in [4.78, 5) is 55.1. The summed E-state index contributed by atoms with van der Waals surface area (Å²) in [6.07, 6.45) is 0. The van der Waals surface area contributed by atoms with Crippen molar-refractivity contribution in [2.24, 2.45) is 7.05 Å². The minimum atomic E-state index is -0.670. The Bertz CT molecular complexity index is 1790. The van der Waals surface area contributed by atoms with Gasteiger partial charge in [0, 0.05) is 18.0 Å². The number of carbonyl (C=O) groups excluding carboxylic acids is 2. The molecule has 10 nitrogen and oxygen atoms in total. The molecule has 0 unspecified atom stereocenters. The molecule has 0 aliphatic heterocycles. The van der Waals surface area contributed by atoms with Crippen molar-refractivity contribution in [3.05, 3.63) is 111 Å². The molecule has 178 valence electrons. The molecular formula is C26H20N6O4. The van der Waals surface area contributed by atoms with Crippen molar-refractivity contribution in [2.45, 2.75) is 6.92 Å². The Balaban J connectivity index is 1.36. The first-order chi connectivity index (χ1) is 17.3. The van der Waals surface area contributed by atoms with Crippen LogP contribution in [0.25, 0.3) is 27.4 Å². The maximum atomic E-state index is 13.0. The number of para-hydroxylation sites is 1. The van der Waals surface area contributed by atoms with Gasteiger partial charge in [-0.3, -0.25) is 34.6 Å². The molecule has 2 heterocycles. The van der Waals surface area contributed by atoms with Gasteiger partial charge in [0.25, 0.3) is 22.9 Å². The van der Waals surface area contributed by atoms with E-state index in [2.05, 4.69) is 20.9 Å². The number of aromatic nitrogens is 4. The summed E-state index contributed by atoms with van der Waals surface area (Å²) >= 11 is 0. The van der Waals surface area contributed by atoms with Gasteiger partial charge in [-0.2, -0.15) is 5.10 Å². The molecule has 0 spiro atoms. The van der Waals surface area contributed by atoms with Crippen molar-refractivity contribution in [1.29, 1.82) is 0 Å². The number of benzene rings is 3. The topological polar surface area (TPSA) is 128 Å². The quantitative estimate of drug-likeness (QED) is 0.380. The van der Waals surface area contributed by atoms with Gasteiger partial charge in [0.05, 0.1) is 22.0 Å². The first-order valence-electron chi connectivity index (χ1n) is 11.0. The minimum absolute atomic E-state index is 0.00185. The maximum absolute atomic E-state index is 13.0. The summed E-state index contributed by atoms with van der Waals surface area (Å²) in [5.41, 5.74) is 5.58. The van der Waals surface area contributed by atoms with Crippen LogP contribution in [0.2, 0.25) is 0 Å². The van der Waals surface area contributed by atoms with E-state index < -0.39 is 11.8 Å². The highest BCUT2D eigenvalue weighted by molar-refractivity contribution is 6.06. The second-order valence-corrected chi connectivity index (χ2v) is 8.09. The average Bonchev–Trinajstić information content (AvgIpc) is 2.89. The van der Waals surface area contributed by atoms with Gasteiger partial charge in [0.2, 0.25) is 0 Å². The molecule has 0 fully saturated rings. The van der Waals surface area contributed by atoms with Crippen LogP contribution in [-0.2, 0) is 7.05 Å². The largest absolute Gasteiger partial charge is 0.290 e. The van der Waals surface area contributed by atoms with E-state index in [1.807, 2.05) is 6.07 Å². The Morgan fingerprint density at radius 1 is 0.750 bits per heavy atom. The molecule has 0 saturated carbocycles.